The van der Waals surface area contributed by atoms with Crippen molar-refractivity contribution in [2.45, 2.75) is 49.6 Å². The van der Waals surface area contributed by atoms with Crippen molar-refractivity contribution < 1.29 is 33.0 Å². The van der Waals surface area contributed by atoms with E-state index in [9.17, 15) is 18.3 Å². The Morgan fingerprint density at radius 2 is 1.91 bits per heavy atom. The molecule has 0 radical (unpaired) electrons. The third-order valence-electron chi connectivity index (χ3n) is 6.27. The number of aromatic hydroxyl groups is 1. The van der Waals surface area contributed by atoms with E-state index < -0.39 is 22.1 Å². The van der Waals surface area contributed by atoms with E-state index in [1.807, 2.05) is 0 Å². The van der Waals surface area contributed by atoms with Gasteiger partial charge in [0, 0.05) is 12.1 Å². The predicted molar refractivity (Wildman–Crippen MR) is 135 cm³/mol. The van der Waals surface area contributed by atoms with Gasteiger partial charge < -0.3 is 19.8 Å². The van der Waals surface area contributed by atoms with Crippen LogP contribution in [0, 0.1) is 11.8 Å². The molecule has 0 heterocycles. The van der Waals surface area contributed by atoms with Gasteiger partial charge in [0.15, 0.2) is 5.75 Å². The number of fused-ring (bicyclic) bond motifs is 2. The Morgan fingerprint density at radius 3 is 2.51 bits per heavy atom. The number of carboxylic acids is 1. The van der Waals surface area contributed by atoms with E-state index in [4.69, 9.17) is 14.7 Å². The van der Waals surface area contributed by atoms with Crippen LogP contribution < -0.4 is 9.46 Å². The van der Waals surface area contributed by atoms with Crippen molar-refractivity contribution in [2.75, 3.05) is 0 Å². The molecule has 12 heteroatoms. The predicted octanol–water partition coefficient (Wildman–Crippen LogP) is 5.00. The number of carbonyl (C=O) groups is 1. The van der Waals surface area contributed by atoms with E-state index in [2.05, 4.69) is 41.7 Å². The molecule has 0 amide bonds. The number of hydrogen-bond donors (Lipinski definition) is 3. The summed E-state index contributed by atoms with van der Waals surface area (Å²) in [4.78, 5) is 15.4. The molecule has 2 bridgehead atoms. The zero-order chi connectivity index (χ0) is 25.3. The SMILES string of the molecule is CC(ON=Cc1cc(Br)c(Oc2ccc(O)c(S(=O)(=O)NC3CC4CCC3C4)c2)c(Br)c1)C(=O)O. The Balaban J connectivity index is 1.51. The number of oxime groups is 1. The molecule has 3 N–H and O–H groups in total. The van der Waals surface area contributed by atoms with Gasteiger partial charge in [-0.2, -0.15) is 0 Å². The van der Waals surface area contributed by atoms with Crippen molar-refractivity contribution in [1.29, 1.82) is 0 Å². The topological polar surface area (TPSA) is 135 Å². The van der Waals surface area contributed by atoms with E-state index >= 15 is 0 Å². The molecule has 2 fully saturated rings. The van der Waals surface area contributed by atoms with Gasteiger partial charge in [-0.15, -0.1) is 0 Å². The summed E-state index contributed by atoms with van der Waals surface area (Å²) in [6.07, 6.45) is 4.33. The lowest BCUT2D eigenvalue weighted by atomic mass is 9.96. The fraction of sp³-hybridized carbons (Fsp3) is 0.391. The fourth-order valence-electron chi connectivity index (χ4n) is 4.52. The summed E-state index contributed by atoms with van der Waals surface area (Å²) in [6, 6.07) is 7.29. The summed E-state index contributed by atoms with van der Waals surface area (Å²) in [7, 11) is -3.94. The van der Waals surface area contributed by atoms with Gasteiger partial charge in [-0.05, 0) is 99.7 Å². The number of ether oxygens (including phenoxy) is 1. The molecule has 4 atom stereocenters. The number of phenolic OH excluding ortho intramolecular Hbond substituents is 1. The highest BCUT2D eigenvalue weighted by Crippen LogP contribution is 2.45. The summed E-state index contributed by atoms with van der Waals surface area (Å²) in [5, 5.41) is 22.8. The lowest BCUT2D eigenvalue weighted by Crippen LogP contribution is -2.38. The molecular formula is C23H24Br2N2O7S. The first-order valence-corrected chi connectivity index (χ1v) is 14.0. The molecule has 4 rings (SSSR count). The lowest BCUT2D eigenvalue weighted by Gasteiger charge is -2.23. The van der Waals surface area contributed by atoms with E-state index in [1.165, 1.54) is 31.3 Å². The van der Waals surface area contributed by atoms with Crippen molar-refractivity contribution in [3.8, 4) is 17.2 Å². The van der Waals surface area contributed by atoms with Crippen molar-refractivity contribution in [3.63, 3.8) is 0 Å². The van der Waals surface area contributed by atoms with E-state index in [1.54, 1.807) is 12.1 Å². The monoisotopic (exact) mass is 630 g/mol. The summed E-state index contributed by atoms with van der Waals surface area (Å²) in [5.41, 5.74) is 0.595. The first-order valence-electron chi connectivity index (χ1n) is 11.0. The zero-order valence-corrected chi connectivity index (χ0v) is 22.6. The van der Waals surface area contributed by atoms with Crippen LogP contribution >= 0.6 is 31.9 Å². The molecule has 2 aliphatic carbocycles. The van der Waals surface area contributed by atoms with Crippen LogP contribution in [0.2, 0.25) is 0 Å². The number of nitrogens with zero attached hydrogens (tertiary/aromatic N) is 1. The van der Waals surface area contributed by atoms with Crippen molar-refractivity contribution in [1.82, 2.24) is 4.72 Å². The summed E-state index contributed by atoms with van der Waals surface area (Å²) in [5.74, 6) is 0.0333. The molecule has 2 aliphatic rings. The molecule has 9 nitrogen and oxygen atoms in total. The lowest BCUT2D eigenvalue weighted by molar-refractivity contribution is -0.149. The normalized spacial score (nSPS) is 22.4. The second-order valence-electron chi connectivity index (χ2n) is 8.77. The highest BCUT2D eigenvalue weighted by atomic mass is 79.9. The van der Waals surface area contributed by atoms with Gasteiger partial charge in [-0.25, -0.2) is 17.9 Å². The van der Waals surface area contributed by atoms with Crippen LogP contribution in [0.15, 0.2) is 49.3 Å². The van der Waals surface area contributed by atoms with Crippen LogP contribution in [0.4, 0.5) is 0 Å². The second kappa shape index (κ2) is 10.5. The van der Waals surface area contributed by atoms with Crippen molar-refractivity contribution in [2.24, 2.45) is 17.0 Å². The smallest absolute Gasteiger partial charge is 0.347 e. The minimum Gasteiger partial charge on any atom is -0.507 e. The number of rotatable bonds is 9. The Labute approximate surface area is 219 Å². The summed E-state index contributed by atoms with van der Waals surface area (Å²) < 4.78 is 35.9. The van der Waals surface area contributed by atoms with Gasteiger partial charge in [0.25, 0.3) is 0 Å². The Hall–Kier alpha value is -2.15. The molecule has 2 saturated carbocycles. The van der Waals surface area contributed by atoms with Gasteiger partial charge in [0.2, 0.25) is 16.1 Å². The number of phenols is 1. The fourth-order valence-corrected chi connectivity index (χ4v) is 7.33. The molecule has 4 unspecified atom stereocenters. The Morgan fingerprint density at radius 1 is 1.20 bits per heavy atom. The second-order valence-corrected chi connectivity index (χ2v) is 12.2. The molecule has 0 aromatic heterocycles. The first kappa shape index (κ1) is 25.9. The summed E-state index contributed by atoms with van der Waals surface area (Å²) in [6.45, 7) is 1.36. The molecule has 0 aliphatic heterocycles. The number of carboxylic acid groups (broad SMARTS) is 1. The van der Waals surface area contributed by atoms with Crippen LogP contribution in [0.5, 0.6) is 17.2 Å². The molecule has 188 valence electrons. The third-order valence-corrected chi connectivity index (χ3v) is 8.97. The highest BCUT2D eigenvalue weighted by molar-refractivity contribution is 9.11. The van der Waals surface area contributed by atoms with E-state index in [0.717, 1.165) is 25.7 Å². The number of halogens is 2. The molecule has 0 saturated heterocycles. The van der Waals surface area contributed by atoms with Gasteiger partial charge in [-0.3, -0.25) is 0 Å². The minimum absolute atomic E-state index is 0.109. The minimum atomic E-state index is -3.94. The van der Waals surface area contributed by atoms with E-state index in [0.29, 0.717) is 32.1 Å². The zero-order valence-electron chi connectivity index (χ0n) is 18.6. The quantitative estimate of drug-likeness (QED) is 0.262. The van der Waals surface area contributed by atoms with Gasteiger partial charge in [-0.1, -0.05) is 11.6 Å². The average molecular weight is 632 g/mol. The number of nitrogens with one attached hydrogen (secondary N) is 1. The number of aliphatic carboxylic acids is 1. The van der Waals surface area contributed by atoms with E-state index in [-0.39, 0.29) is 22.4 Å². The van der Waals surface area contributed by atoms with Crippen LogP contribution in [0.1, 0.15) is 38.2 Å². The molecule has 0 spiro atoms. The highest BCUT2D eigenvalue weighted by Gasteiger charge is 2.41. The third kappa shape index (κ3) is 5.99. The van der Waals surface area contributed by atoms with Gasteiger partial charge in [0.05, 0.1) is 15.2 Å². The maximum absolute atomic E-state index is 13.1. The number of hydrogen-bond acceptors (Lipinski definition) is 7. The van der Waals surface area contributed by atoms with Crippen LogP contribution in [0.25, 0.3) is 0 Å². The summed E-state index contributed by atoms with van der Waals surface area (Å²) >= 11 is 6.83. The molecule has 2 aromatic rings. The maximum atomic E-state index is 13.1. The van der Waals surface area contributed by atoms with Crippen molar-refractivity contribution >= 4 is 54.1 Å². The number of sulfonamides is 1. The van der Waals surface area contributed by atoms with Crippen LogP contribution in [-0.2, 0) is 19.7 Å². The van der Waals surface area contributed by atoms with Gasteiger partial charge >= 0.3 is 5.97 Å². The largest absolute Gasteiger partial charge is 0.507 e. The standard InChI is InChI=1S/C23H24Br2N2O7S/c1-12(23(29)30)34-26-11-14-7-17(24)22(18(25)8-14)33-16-4-5-20(28)21(10-16)35(31,32)27-19-9-13-2-3-15(19)6-13/h4-5,7-8,10-13,15,19,27-28H,2-3,6,9H2,1H3,(H,29,30). The maximum Gasteiger partial charge on any atom is 0.347 e. The molecule has 2 aromatic carbocycles. The number of benzene rings is 2. The van der Waals surface area contributed by atoms with Crippen LogP contribution in [-0.4, -0.2) is 43.0 Å². The first-order chi connectivity index (χ1) is 16.5. The average Bonchev–Trinajstić information content (AvgIpc) is 3.40. The Kier molecular flexibility index (Phi) is 7.74. The Bertz CT molecular complexity index is 1250. The van der Waals surface area contributed by atoms with Crippen LogP contribution in [0.3, 0.4) is 0 Å². The molecule has 35 heavy (non-hydrogen) atoms. The van der Waals surface area contributed by atoms with Gasteiger partial charge in [0.1, 0.15) is 16.4 Å². The molecular weight excluding hydrogens is 608 g/mol. The van der Waals surface area contributed by atoms with Crippen molar-refractivity contribution in [3.05, 3.63) is 44.8 Å².